The average molecular weight is 257 g/mol. The molecule has 1 rings (SSSR count). The van der Waals surface area contributed by atoms with Crippen LogP contribution in [0.25, 0.3) is 0 Å². The number of carbonyl (C=O) groups is 1. The van der Waals surface area contributed by atoms with E-state index in [1.165, 1.54) is 0 Å². The van der Waals surface area contributed by atoms with Crippen LogP contribution < -0.4 is 0 Å². The molecule has 0 aliphatic rings. The van der Waals surface area contributed by atoms with Crippen LogP contribution in [0.2, 0.25) is 0 Å². The van der Waals surface area contributed by atoms with E-state index in [1.807, 2.05) is 19.1 Å². The molecule has 14 heavy (non-hydrogen) atoms. The third-order valence-corrected chi connectivity index (χ3v) is 2.68. The molecule has 1 aromatic rings. The van der Waals surface area contributed by atoms with Gasteiger partial charge in [0, 0.05) is 10.9 Å². The van der Waals surface area contributed by atoms with Crippen molar-refractivity contribution >= 4 is 21.7 Å². The van der Waals surface area contributed by atoms with Gasteiger partial charge in [0.2, 0.25) is 0 Å². The minimum Gasteiger partial charge on any atom is -0.381 e. The van der Waals surface area contributed by atoms with Gasteiger partial charge in [0.25, 0.3) is 0 Å². The van der Waals surface area contributed by atoms with E-state index in [-0.39, 0.29) is 5.78 Å². The van der Waals surface area contributed by atoms with Gasteiger partial charge < -0.3 is 5.11 Å². The fraction of sp³-hybridized carbons (Fsp3) is 0.364. The maximum absolute atomic E-state index is 11.3. The predicted octanol–water partition coefficient (Wildman–Crippen LogP) is 2.77. The van der Waals surface area contributed by atoms with Crippen molar-refractivity contribution in [3.8, 4) is 0 Å². The molecule has 0 aliphatic heterocycles. The monoisotopic (exact) mass is 256 g/mol. The molecule has 1 aromatic carbocycles. The van der Waals surface area contributed by atoms with Gasteiger partial charge in [-0.3, -0.25) is 4.79 Å². The van der Waals surface area contributed by atoms with Crippen molar-refractivity contribution in [3.63, 3.8) is 0 Å². The van der Waals surface area contributed by atoms with Crippen LogP contribution in [0.4, 0.5) is 0 Å². The first-order chi connectivity index (χ1) is 6.56. The fourth-order valence-corrected chi connectivity index (χ4v) is 1.65. The lowest BCUT2D eigenvalue weighted by molar-refractivity contribution is -0.127. The van der Waals surface area contributed by atoms with Crippen LogP contribution >= 0.6 is 15.9 Å². The van der Waals surface area contributed by atoms with E-state index in [4.69, 9.17) is 0 Å². The number of halogens is 1. The Morgan fingerprint density at radius 3 is 2.79 bits per heavy atom. The van der Waals surface area contributed by atoms with Gasteiger partial charge in [-0.25, -0.2) is 0 Å². The van der Waals surface area contributed by atoms with Crippen molar-refractivity contribution in [2.24, 2.45) is 0 Å². The quantitative estimate of drug-likeness (QED) is 0.903. The number of aliphatic hydroxyl groups excluding tert-OH is 1. The van der Waals surface area contributed by atoms with Gasteiger partial charge in [-0.15, -0.1) is 0 Å². The van der Waals surface area contributed by atoms with Crippen LogP contribution in [-0.4, -0.2) is 10.9 Å². The van der Waals surface area contributed by atoms with Crippen LogP contribution in [0.1, 0.15) is 30.6 Å². The summed E-state index contributed by atoms with van der Waals surface area (Å²) in [7, 11) is 0. The van der Waals surface area contributed by atoms with Gasteiger partial charge in [0.05, 0.1) is 0 Å². The minimum atomic E-state index is -0.988. The molecule has 76 valence electrons. The van der Waals surface area contributed by atoms with Crippen LogP contribution in [-0.2, 0) is 4.79 Å². The summed E-state index contributed by atoms with van der Waals surface area (Å²) in [5, 5.41) is 9.72. The molecular weight excluding hydrogens is 244 g/mol. The molecule has 1 unspecified atom stereocenters. The van der Waals surface area contributed by atoms with Crippen LogP contribution in [0, 0.1) is 6.92 Å². The topological polar surface area (TPSA) is 37.3 Å². The van der Waals surface area contributed by atoms with Crippen LogP contribution in [0.3, 0.4) is 0 Å². The van der Waals surface area contributed by atoms with Gasteiger partial charge in [0.15, 0.2) is 5.78 Å². The number of hydrogen-bond acceptors (Lipinski definition) is 2. The Balaban J connectivity index is 3.05. The van der Waals surface area contributed by atoms with E-state index in [0.717, 1.165) is 10.0 Å². The van der Waals surface area contributed by atoms with Crippen molar-refractivity contribution in [1.82, 2.24) is 0 Å². The summed E-state index contributed by atoms with van der Waals surface area (Å²) in [5.74, 6) is -0.147. The molecule has 0 radical (unpaired) electrons. The van der Waals surface area contributed by atoms with E-state index >= 15 is 0 Å². The number of rotatable bonds is 3. The van der Waals surface area contributed by atoms with Crippen molar-refractivity contribution < 1.29 is 9.90 Å². The first kappa shape index (κ1) is 11.4. The summed E-state index contributed by atoms with van der Waals surface area (Å²) in [4.78, 5) is 11.3. The summed E-state index contributed by atoms with van der Waals surface area (Å²) in [6, 6.07) is 5.56. The van der Waals surface area contributed by atoms with Crippen LogP contribution in [0.15, 0.2) is 22.7 Å². The van der Waals surface area contributed by atoms with Gasteiger partial charge in [-0.05, 0) is 30.2 Å². The Labute approximate surface area is 92.1 Å². The number of aliphatic hydroxyl groups is 1. The molecular formula is C11H13BrO2. The second kappa shape index (κ2) is 4.71. The number of Topliss-reactive ketones (excluding diaryl/α,β-unsaturated/α-hetero) is 1. The van der Waals surface area contributed by atoms with Crippen molar-refractivity contribution in [3.05, 3.63) is 33.8 Å². The summed E-state index contributed by atoms with van der Waals surface area (Å²) in [5.41, 5.74) is 1.62. The normalized spacial score (nSPS) is 12.6. The second-order valence-corrected chi connectivity index (χ2v) is 4.14. The number of benzene rings is 1. The van der Waals surface area contributed by atoms with Crippen molar-refractivity contribution in [2.75, 3.05) is 0 Å². The zero-order valence-corrected chi connectivity index (χ0v) is 9.84. The van der Waals surface area contributed by atoms with E-state index in [2.05, 4.69) is 15.9 Å². The summed E-state index contributed by atoms with van der Waals surface area (Å²) >= 11 is 3.31. The first-order valence-corrected chi connectivity index (χ1v) is 5.32. The molecule has 0 heterocycles. The van der Waals surface area contributed by atoms with Gasteiger partial charge >= 0.3 is 0 Å². The molecule has 2 nitrogen and oxygen atoms in total. The number of ketones is 1. The third kappa shape index (κ3) is 2.42. The zero-order valence-electron chi connectivity index (χ0n) is 8.25. The lowest BCUT2D eigenvalue weighted by Gasteiger charge is -2.11. The van der Waals surface area contributed by atoms with Gasteiger partial charge in [0.1, 0.15) is 6.10 Å². The highest BCUT2D eigenvalue weighted by atomic mass is 79.9. The SMILES string of the molecule is CCC(=O)C(O)c1cc(Br)ccc1C. The molecule has 3 heteroatoms. The highest BCUT2D eigenvalue weighted by molar-refractivity contribution is 9.10. The van der Waals surface area contributed by atoms with Crippen LogP contribution in [0.5, 0.6) is 0 Å². The lowest BCUT2D eigenvalue weighted by atomic mass is 9.99. The lowest BCUT2D eigenvalue weighted by Crippen LogP contribution is -2.11. The maximum Gasteiger partial charge on any atom is 0.165 e. The average Bonchev–Trinajstić information content (AvgIpc) is 2.19. The molecule has 0 fully saturated rings. The van der Waals surface area contributed by atoms with Crippen molar-refractivity contribution in [2.45, 2.75) is 26.4 Å². The second-order valence-electron chi connectivity index (χ2n) is 3.22. The Morgan fingerprint density at radius 1 is 1.57 bits per heavy atom. The van der Waals surface area contributed by atoms with Gasteiger partial charge in [-0.1, -0.05) is 28.9 Å². The molecule has 0 saturated heterocycles. The van der Waals surface area contributed by atoms with E-state index < -0.39 is 6.10 Å². The van der Waals surface area contributed by atoms with E-state index in [0.29, 0.717) is 12.0 Å². The highest BCUT2D eigenvalue weighted by Gasteiger charge is 2.17. The summed E-state index contributed by atoms with van der Waals surface area (Å²) in [6.07, 6.45) is -0.634. The smallest absolute Gasteiger partial charge is 0.165 e. The Morgan fingerprint density at radius 2 is 2.21 bits per heavy atom. The Hall–Kier alpha value is -0.670. The van der Waals surface area contributed by atoms with E-state index in [9.17, 15) is 9.90 Å². The first-order valence-electron chi connectivity index (χ1n) is 4.53. The Bertz CT molecular complexity index is 347. The number of hydrogen-bond donors (Lipinski definition) is 1. The third-order valence-electron chi connectivity index (χ3n) is 2.19. The predicted molar refractivity (Wildman–Crippen MR) is 59.1 cm³/mol. The molecule has 0 bridgehead atoms. The standard InChI is InChI=1S/C11H13BrO2/c1-3-10(13)11(14)9-6-8(12)5-4-7(9)2/h4-6,11,14H,3H2,1-2H3. The van der Waals surface area contributed by atoms with Gasteiger partial charge in [-0.2, -0.15) is 0 Å². The molecule has 0 spiro atoms. The number of carbonyl (C=O) groups excluding carboxylic acids is 1. The minimum absolute atomic E-state index is 0.147. The Kier molecular flexibility index (Phi) is 3.84. The molecule has 0 amide bonds. The fourth-order valence-electron chi connectivity index (χ4n) is 1.27. The highest BCUT2D eigenvalue weighted by Crippen LogP contribution is 2.23. The maximum atomic E-state index is 11.3. The summed E-state index contributed by atoms with van der Waals surface area (Å²) < 4.78 is 0.876. The summed E-state index contributed by atoms with van der Waals surface area (Å²) in [6.45, 7) is 3.63. The molecule has 1 atom stereocenters. The van der Waals surface area contributed by atoms with Crippen molar-refractivity contribution in [1.29, 1.82) is 0 Å². The number of aryl methyl sites for hydroxylation is 1. The molecule has 0 saturated carbocycles. The largest absolute Gasteiger partial charge is 0.381 e. The zero-order chi connectivity index (χ0) is 10.7. The van der Waals surface area contributed by atoms with E-state index in [1.54, 1.807) is 13.0 Å². The molecule has 0 aromatic heterocycles. The molecule has 0 aliphatic carbocycles. The molecule has 1 N–H and O–H groups in total.